The Morgan fingerprint density at radius 2 is 1.19 bits per heavy atom. The number of hydrazine groups is 1. The van der Waals surface area contributed by atoms with Crippen molar-refractivity contribution in [3.8, 4) is 11.1 Å². The highest BCUT2D eigenvalue weighted by atomic mass is 19.1. The number of aliphatic carboxylic acids is 1. The number of nitrogens with two attached hydrogens (primary N) is 1. The summed E-state index contributed by atoms with van der Waals surface area (Å²) in [4.78, 5) is 26.7. The van der Waals surface area contributed by atoms with Gasteiger partial charge in [0, 0.05) is 25.2 Å². The molecule has 1 heterocycles. The zero-order chi connectivity index (χ0) is 30.3. The van der Waals surface area contributed by atoms with Gasteiger partial charge in [-0.1, -0.05) is 36.4 Å². The van der Waals surface area contributed by atoms with E-state index in [0.29, 0.717) is 30.8 Å². The molecule has 1 aliphatic heterocycles. The largest absolute Gasteiger partial charge is 0.481 e. The summed E-state index contributed by atoms with van der Waals surface area (Å²) < 4.78 is 38.8. The maximum absolute atomic E-state index is 13.3. The van der Waals surface area contributed by atoms with Crippen LogP contribution in [0.2, 0.25) is 0 Å². The van der Waals surface area contributed by atoms with E-state index in [1.807, 2.05) is 19.1 Å². The average Bonchev–Trinajstić information content (AvgIpc) is 3.02. The lowest BCUT2D eigenvalue weighted by atomic mass is 9.72. The molecule has 42 heavy (non-hydrogen) atoms. The number of rotatable bonds is 6. The van der Waals surface area contributed by atoms with Crippen LogP contribution in [0, 0.1) is 17.5 Å². The Morgan fingerprint density at radius 3 is 1.64 bits per heavy atom. The molecule has 0 unspecified atom stereocenters. The van der Waals surface area contributed by atoms with E-state index in [4.69, 9.17) is 5.84 Å². The molecule has 0 saturated carbocycles. The molecule has 0 aromatic heterocycles. The first-order valence-electron chi connectivity index (χ1n) is 13.6. The van der Waals surface area contributed by atoms with Crippen molar-refractivity contribution in [1.82, 2.24) is 4.90 Å². The van der Waals surface area contributed by atoms with Gasteiger partial charge in [-0.05, 0) is 97.1 Å². The number of carboxylic acid groups (broad SMARTS) is 1. The van der Waals surface area contributed by atoms with E-state index in [9.17, 15) is 27.9 Å². The van der Waals surface area contributed by atoms with Crippen molar-refractivity contribution in [3.63, 3.8) is 0 Å². The van der Waals surface area contributed by atoms with Crippen molar-refractivity contribution >= 4 is 17.6 Å². The standard InChI is InChI=1S/C25H21F2NO3.C8H11FN2/c26-21-9-5-18(6-10-21)17-1-3-19(4-2-17)23(29)28-15-13-25(14-16-28,24(30)31)20-7-11-22(27)12-8-20;1-2-11(10)8-5-3-7(9)4-6-8/h1-12H,13-16H2,(H,30,31);3-6H,2,10H2,1H3. The summed E-state index contributed by atoms with van der Waals surface area (Å²) in [6.07, 6.45) is 0.515. The number of halogens is 3. The van der Waals surface area contributed by atoms with Crippen LogP contribution in [-0.4, -0.2) is 41.5 Å². The van der Waals surface area contributed by atoms with Crippen LogP contribution >= 0.6 is 0 Å². The van der Waals surface area contributed by atoms with Gasteiger partial charge in [0.2, 0.25) is 0 Å². The van der Waals surface area contributed by atoms with E-state index in [2.05, 4.69) is 0 Å². The Hall–Kier alpha value is -4.63. The lowest BCUT2D eigenvalue weighted by Crippen LogP contribution is -2.49. The van der Waals surface area contributed by atoms with Crippen LogP contribution in [0.3, 0.4) is 0 Å². The number of nitrogens with zero attached hydrogens (tertiary/aromatic N) is 2. The maximum Gasteiger partial charge on any atom is 0.314 e. The monoisotopic (exact) mass is 575 g/mol. The second-order valence-electron chi connectivity index (χ2n) is 10.0. The number of likely N-dealkylation sites (tertiary alicyclic amines) is 1. The van der Waals surface area contributed by atoms with E-state index in [0.717, 1.165) is 16.8 Å². The predicted octanol–water partition coefficient (Wildman–Crippen LogP) is 6.42. The van der Waals surface area contributed by atoms with Gasteiger partial charge in [-0.2, -0.15) is 0 Å². The number of carboxylic acids is 1. The molecule has 1 fully saturated rings. The summed E-state index contributed by atoms with van der Waals surface area (Å²) in [7, 11) is 0. The van der Waals surface area contributed by atoms with Crippen molar-refractivity contribution in [2.24, 2.45) is 5.84 Å². The maximum atomic E-state index is 13.3. The fourth-order valence-electron chi connectivity index (χ4n) is 4.93. The van der Waals surface area contributed by atoms with Gasteiger partial charge in [0.1, 0.15) is 17.5 Å². The van der Waals surface area contributed by atoms with Gasteiger partial charge in [-0.15, -0.1) is 0 Å². The van der Waals surface area contributed by atoms with Crippen LogP contribution in [0.15, 0.2) is 97.1 Å². The summed E-state index contributed by atoms with van der Waals surface area (Å²) in [5.74, 6) is 3.47. The Labute approximate surface area is 242 Å². The van der Waals surface area contributed by atoms with Gasteiger partial charge in [0.15, 0.2) is 0 Å². The van der Waals surface area contributed by atoms with Crippen molar-refractivity contribution in [2.45, 2.75) is 25.2 Å². The zero-order valence-electron chi connectivity index (χ0n) is 23.1. The molecular formula is C33H32F3N3O3. The van der Waals surface area contributed by atoms with Gasteiger partial charge >= 0.3 is 5.97 Å². The first kappa shape index (κ1) is 30.3. The third-order valence-corrected chi connectivity index (χ3v) is 7.52. The Morgan fingerprint density at radius 1 is 0.762 bits per heavy atom. The van der Waals surface area contributed by atoms with E-state index in [-0.39, 0.29) is 30.4 Å². The molecule has 0 atom stereocenters. The van der Waals surface area contributed by atoms with Gasteiger partial charge in [0.05, 0.1) is 11.1 Å². The smallest absolute Gasteiger partial charge is 0.314 e. The number of carbonyl (C=O) groups is 2. The van der Waals surface area contributed by atoms with Crippen LogP contribution in [0.25, 0.3) is 11.1 Å². The van der Waals surface area contributed by atoms with Gasteiger partial charge < -0.3 is 15.0 Å². The van der Waals surface area contributed by atoms with E-state index in [1.165, 1.54) is 48.5 Å². The molecule has 0 bridgehead atoms. The number of anilines is 1. The first-order chi connectivity index (χ1) is 20.1. The molecule has 4 aromatic rings. The summed E-state index contributed by atoms with van der Waals surface area (Å²) >= 11 is 0. The molecule has 3 N–H and O–H groups in total. The molecule has 1 amide bonds. The van der Waals surface area contributed by atoms with Crippen LogP contribution in [0.5, 0.6) is 0 Å². The Balaban J connectivity index is 0.000000310. The minimum Gasteiger partial charge on any atom is -0.481 e. The van der Waals surface area contributed by atoms with E-state index < -0.39 is 17.2 Å². The number of hydrogen-bond acceptors (Lipinski definition) is 4. The van der Waals surface area contributed by atoms with Crippen LogP contribution < -0.4 is 10.9 Å². The zero-order valence-corrected chi connectivity index (χ0v) is 23.1. The fraction of sp³-hybridized carbons (Fsp3) is 0.212. The molecule has 0 radical (unpaired) electrons. The highest BCUT2D eigenvalue weighted by Crippen LogP contribution is 2.36. The molecule has 0 aliphatic carbocycles. The molecular weight excluding hydrogens is 543 g/mol. The van der Waals surface area contributed by atoms with Gasteiger partial charge in [0.25, 0.3) is 5.91 Å². The number of carbonyl (C=O) groups excluding carboxylic acids is 1. The third-order valence-electron chi connectivity index (χ3n) is 7.52. The average molecular weight is 576 g/mol. The van der Waals surface area contributed by atoms with Crippen molar-refractivity contribution in [3.05, 3.63) is 126 Å². The van der Waals surface area contributed by atoms with Crippen LogP contribution in [0.1, 0.15) is 35.7 Å². The SMILES string of the molecule is CCN(N)c1ccc(F)cc1.O=C(c1ccc(-c2ccc(F)cc2)cc1)N1CCC(C(=O)O)(c2ccc(F)cc2)CC1. The molecule has 6 nitrogen and oxygen atoms in total. The Bertz CT molecular complexity index is 1490. The predicted molar refractivity (Wildman–Crippen MR) is 156 cm³/mol. The highest BCUT2D eigenvalue weighted by Gasteiger charge is 2.44. The highest BCUT2D eigenvalue weighted by molar-refractivity contribution is 5.95. The van der Waals surface area contributed by atoms with E-state index >= 15 is 0 Å². The lowest BCUT2D eigenvalue weighted by molar-refractivity contribution is -0.145. The molecule has 1 aliphatic rings. The van der Waals surface area contributed by atoms with Gasteiger partial charge in [-0.25, -0.2) is 19.0 Å². The summed E-state index contributed by atoms with van der Waals surface area (Å²) in [5.41, 5.74) is 2.48. The number of hydrogen-bond donors (Lipinski definition) is 2. The molecule has 1 saturated heterocycles. The summed E-state index contributed by atoms with van der Waals surface area (Å²) in [5, 5.41) is 11.4. The number of piperidine rings is 1. The van der Waals surface area contributed by atoms with Crippen molar-refractivity contribution in [2.75, 3.05) is 24.6 Å². The number of benzene rings is 4. The topological polar surface area (TPSA) is 86.9 Å². The normalized spacial score (nSPS) is 14.0. The lowest BCUT2D eigenvalue weighted by Gasteiger charge is -2.39. The molecule has 9 heteroatoms. The van der Waals surface area contributed by atoms with Gasteiger partial charge in [-0.3, -0.25) is 9.59 Å². The summed E-state index contributed by atoms with van der Waals surface area (Å²) in [6.45, 7) is 3.24. The van der Waals surface area contributed by atoms with E-state index in [1.54, 1.807) is 46.3 Å². The van der Waals surface area contributed by atoms with Crippen LogP contribution in [0.4, 0.5) is 18.9 Å². The molecule has 0 spiro atoms. The minimum absolute atomic E-state index is 0.163. The molecule has 5 rings (SSSR count). The molecule has 4 aromatic carbocycles. The van der Waals surface area contributed by atoms with Crippen LogP contribution in [-0.2, 0) is 10.2 Å². The fourth-order valence-corrected chi connectivity index (χ4v) is 4.93. The molecule has 218 valence electrons. The second kappa shape index (κ2) is 13.4. The quantitative estimate of drug-likeness (QED) is 0.205. The van der Waals surface area contributed by atoms with Crippen molar-refractivity contribution < 1.29 is 27.9 Å². The first-order valence-corrected chi connectivity index (χ1v) is 13.6. The minimum atomic E-state index is -1.13. The van der Waals surface area contributed by atoms with Crippen molar-refractivity contribution in [1.29, 1.82) is 0 Å². The third kappa shape index (κ3) is 6.98. The number of amides is 1. The Kier molecular flexibility index (Phi) is 9.64. The second-order valence-corrected chi connectivity index (χ2v) is 10.0. The summed E-state index contributed by atoms with van der Waals surface area (Å²) in [6, 6.07) is 24.8.